The summed E-state index contributed by atoms with van der Waals surface area (Å²) < 4.78 is 25.0. The number of anilines is 1. The number of nitrogens with one attached hydrogen (secondary N) is 2. The summed E-state index contributed by atoms with van der Waals surface area (Å²) in [6.07, 6.45) is 6.91. The summed E-state index contributed by atoms with van der Waals surface area (Å²) in [5, 5.41) is 14.7. The number of guanidine groups is 1. The molecule has 0 amide bonds. The Morgan fingerprint density at radius 3 is 2.75 bits per heavy atom. The molecule has 6 nitrogen and oxygen atoms in total. The normalized spacial score (nSPS) is 13.6. The molecule has 1 aliphatic carbocycles. The van der Waals surface area contributed by atoms with Crippen molar-refractivity contribution < 1.29 is 13.9 Å². The van der Waals surface area contributed by atoms with Crippen LogP contribution in [0.1, 0.15) is 37.7 Å². The first kappa shape index (κ1) is 23.2. The van der Waals surface area contributed by atoms with Gasteiger partial charge >= 0.3 is 0 Å². The number of nitriles is 1. The summed E-state index contributed by atoms with van der Waals surface area (Å²) in [7, 11) is 1.60. The monoisotopic (exact) mass is 454 g/mol. The van der Waals surface area contributed by atoms with Crippen LogP contribution in [0.25, 0.3) is 0 Å². The van der Waals surface area contributed by atoms with Gasteiger partial charge < -0.3 is 14.8 Å². The molecule has 8 heteroatoms. The minimum absolute atomic E-state index is 0.0637. The molecule has 2 N–H and O–H groups in total. The molecule has 166 valence electrons. The fraction of sp³-hybridized carbons (Fsp3) is 0.333. The highest BCUT2D eigenvalue weighted by molar-refractivity contribution is 6.30. The molecule has 1 aliphatic rings. The Labute approximate surface area is 192 Å². The summed E-state index contributed by atoms with van der Waals surface area (Å²) in [5.41, 5.74) is 1.25. The van der Waals surface area contributed by atoms with Gasteiger partial charge in [0.2, 0.25) is 5.96 Å². The van der Waals surface area contributed by atoms with Gasteiger partial charge in [-0.15, -0.1) is 0 Å². The van der Waals surface area contributed by atoms with Gasteiger partial charge in [0.05, 0.1) is 24.8 Å². The number of rotatable bonds is 6. The van der Waals surface area contributed by atoms with Gasteiger partial charge in [-0.05, 0) is 56.0 Å². The van der Waals surface area contributed by atoms with Crippen molar-refractivity contribution in [3.05, 3.63) is 52.8 Å². The number of nitrogens with zero attached hydrogens (tertiary/aromatic N) is 2. The van der Waals surface area contributed by atoms with Crippen LogP contribution in [0.3, 0.4) is 0 Å². The zero-order valence-electron chi connectivity index (χ0n) is 17.8. The van der Waals surface area contributed by atoms with Crippen LogP contribution in [-0.2, 0) is 0 Å². The molecule has 0 bridgehead atoms. The number of hydrogen-bond acceptors (Lipinski definition) is 4. The topological polar surface area (TPSA) is 78.7 Å². The number of ether oxygens (including phenoxy) is 2. The van der Waals surface area contributed by atoms with Crippen molar-refractivity contribution in [2.24, 2.45) is 4.99 Å². The molecule has 3 rings (SSSR count). The molecule has 0 atom stereocenters. The average Bonchev–Trinajstić information content (AvgIpc) is 3.29. The lowest BCUT2D eigenvalue weighted by molar-refractivity contribution is 0.201. The maximum absolute atomic E-state index is 13.5. The second kappa shape index (κ2) is 11.8. The van der Waals surface area contributed by atoms with E-state index in [2.05, 4.69) is 27.5 Å². The summed E-state index contributed by atoms with van der Waals surface area (Å²) in [6, 6.07) is 9.88. The number of aliphatic imine (C=N–C) groups is 1. The molecule has 1 fully saturated rings. The molecule has 0 aromatic heterocycles. The third-order valence-corrected chi connectivity index (χ3v) is 5.16. The van der Waals surface area contributed by atoms with Crippen LogP contribution in [0.15, 0.2) is 41.4 Å². The Balaban J connectivity index is 1.62. The Hall–Kier alpha value is -3.42. The maximum atomic E-state index is 13.5. The van der Waals surface area contributed by atoms with Crippen molar-refractivity contribution in [2.75, 3.05) is 19.0 Å². The molecule has 0 aliphatic heterocycles. The van der Waals surface area contributed by atoms with Crippen molar-refractivity contribution in [2.45, 2.75) is 38.2 Å². The smallest absolute Gasteiger partial charge is 0.209 e. The first-order valence-electron chi connectivity index (χ1n) is 10.3. The molecule has 0 spiro atoms. The second-order valence-electron chi connectivity index (χ2n) is 7.16. The summed E-state index contributed by atoms with van der Waals surface area (Å²) in [6.45, 7) is 0.349. The fourth-order valence-corrected chi connectivity index (χ4v) is 3.41. The van der Waals surface area contributed by atoms with Crippen molar-refractivity contribution >= 4 is 23.2 Å². The van der Waals surface area contributed by atoms with E-state index < -0.39 is 5.82 Å². The van der Waals surface area contributed by atoms with Crippen molar-refractivity contribution in [3.8, 4) is 29.5 Å². The van der Waals surface area contributed by atoms with Gasteiger partial charge in [-0.25, -0.2) is 4.39 Å². The van der Waals surface area contributed by atoms with Crippen LogP contribution in [0.2, 0.25) is 5.02 Å². The second-order valence-corrected chi connectivity index (χ2v) is 7.57. The van der Waals surface area contributed by atoms with Gasteiger partial charge in [-0.1, -0.05) is 23.4 Å². The maximum Gasteiger partial charge on any atom is 0.209 e. The van der Waals surface area contributed by atoms with Crippen LogP contribution in [-0.4, -0.2) is 25.7 Å². The Kier molecular flexibility index (Phi) is 8.60. The zero-order chi connectivity index (χ0) is 22.8. The van der Waals surface area contributed by atoms with Crippen molar-refractivity contribution in [1.29, 1.82) is 5.26 Å². The summed E-state index contributed by atoms with van der Waals surface area (Å²) >= 11 is 5.67. The SMILES string of the molecule is COc1ccc(NC(=NCCC#Cc2ccc(Cl)c(F)c2)NC#N)cc1OC1CCCC1. The van der Waals surface area contributed by atoms with Gasteiger partial charge in [-0.2, -0.15) is 5.26 Å². The van der Waals surface area contributed by atoms with Gasteiger partial charge in [-0.3, -0.25) is 10.3 Å². The van der Waals surface area contributed by atoms with E-state index in [1.165, 1.54) is 25.0 Å². The molecule has 32 heavy (non-hydrogen) atoms. The fourth-order valence-electron chi connectivity index (χ4n) is 3.29. The van der Waals surface area contributed by atoms with Gasteiger partial charge in [0.15, 0.2) is 17.7 Å². The van der Waals surface area contributed by atoms with Gasteiger partial charge in [0, 0.05) is 23.7 Å². The van der Waals surface area contributed by atoms with Crippen LogP contribution in [0.4, 0.5) is 10.1 Å². The highest BCUT2D eigenvalue weighted by Crippen LogP contribution is 2.33. The molecular weight excluding hydrogens is 431 g/mol. The zero-order valence-corrected chi connectivity index (χ0v) is 18.5. The predicted octanol–water partition coefficient (Wildman–Crippen LogP) is 5.09. The molecule has 2 aromatic rings. The lowest BCUT2D eigenvalue weighted by Gasteiger charge is -2.17. The first-order valence-corrected chi connectivity index (χ1v) is 10.7. The van der Waals surface area contributed by atoms with Crippen LogP contribution in [0.5, 0.6) is 11.5 Å². The lowest BCUT2D eigenvalue weighted by atomic mass is 10.2. The minimum Gasteiger partial charge on any atom is -0.493 e. The Morgan fingerprint density at radius 1 is 1.22 bits per heavy atom. The third kappa shape index (κ3) is 6.80. The van der Waals surface area contributed by atoms with E-state index in [-0.39, 0.29) is 11.1 Å². The van der Waals surface area contributed by atoms with Crippen molar-refractivity contribution in [1.82, 2.24) is 5.32 Å². The van der Waals surface area contributed by atoms with E-state index in [4.69, 9.17) is 26.3 Å². The molecule has 0 unspecified atom stereocenters. The third-order valence-electron chi connectivity index (χ3n) is 4.86. The standard InChI is InChI=1S/C24H24ClFN4O2/c1-31-22-12-10-18(15-23(22)32-19-7-2-3-8-19)30-24(29-16-27)28-13-5-4-6-17-9-11-20(25)21(26)14-17/h9-12,14-15,19H,2-3,5,7-8,13H2,1H3,(H2,28,29,30). The highest BCUT2D eigenvalue weighted by Gasteiger charge is 2.18. The molecule has 0 saturated heterocycles. The van der Waals surface area contributed by atoms with E-state index in [1.807, 2.05) is 24.4 Å². The molecular formula is C24H24ClFN4O2. The quantitative estimate of drug-likeness (QED) is 0.159. The first-order chi connectivity index (χ1) is 15.6. The van der Waals surface area contributed by atoms with E-state index in [1.54, 1.807) is 13.2 Å². The Bertz CT molecular complexity index is 1070. The van der Waals surface area contributed by atoms with Gasteiger partial charge in [0.1, 0.15) is 5.82 Å². The average molecular weight is 455 g/mol. The minimum atomic E-state index is -0.503. The number of benzene rings is 2. The number of hydrogen-bond donors (Lipinski definition) is 2. The summed E-state index contributed by atoms with van der Waals surface area (Å²) in [4.78, 5) is 4.35. The van der Waals surface area contributed by atoms with E-state index in [0.717, 1.165) is 12.8 Å². The Morgan fingerprint density at radius 2 is 2.03 bits per heavy atom. The molecule has 0 heterocycles. The van der Waals surface area contributed by atoms with Crippen LogP contribution >= 0.6 is 11.6 Å². The van der Waals surface area contributed by atoms with Gasteiger partial charge in [0.25, 0.3) is 0 Å². The largest absolute Gasteiger partial charge is 0.493 e. The van der Waals surface area contributed by atoms with E-state index in [0.29, 0.717) is 41.7 Å². The molecule has 2 aromatic carbocycles. The molecule has 0 radical (unpaired) electrons. The van der Waals surface area contributed by atoms with E-state index in [9.17, 15) is 4.39 Å². The van der Waals surface area contributed by atoms with Crippen molar-refractivity contribution in [3.63, 3.8) is 0 Å². The van der Waals surface area contributed by atoms with E-state index >= 15 is 0 Å². The number of methoxy groups -OCH3 is 1. The van der Waals surface area contributed by atoms with Crippen LogP contribution in [0, 0.1) is 29.1 Å². The summed E-state index contributed by atoms with van der Waals surface area (Å²) in [5.74, 6) is 6.90. The highest BCUT2D eigenvalue weighted by atomic mass is 35.5. The predicted molar refractivity (Wildman–Crippen MR) is 123 cm³/mol. The number of halogens is 2. The lowest BCUT2D eigenvalue weighted by Crippen LogP contribution is -2.27. The molecule has 1 saturated carbocycles. The van der Waals surface area contributed by atoms with Crippen LogP contribution < -0.4 is 20.1 Å².